The summed E-state index contributed by atoms with van der Waals surface area (Å²) in [4.78, 5) is 14.1. The maximum atomic E-state index is 5.53. The highest BCUT2D eigenvalue weighted by Gasteiger charge is 2.23. The van der Waals surface area contributed by atoms with Gasteiger partial charge in [-0.15, -0.1) is 11.3 Å². The van der Waals surface area contributed by atoms with E-state index in [1.165, 1.54) is 35.0 Å². The van der Waals surface area contributed by atoms with Crippen LogP contribution in [0.4, 0.5) is 0 Å². The molecular formula is C17H19N3S3. The first kappa shape index (κ1) is 15.5. The van der Waals surface area contributed by atoms with Crippen LogP contribution in [0.1, 0.15) is 49.4 Å². The highest BCUT2D eigenvalue weighted by molar-refractivity contribution is 7.98. The summed E-state index contributed by atoms with van der Waals surface area (Å²) in [6.45, 7) is 4.49. The standard InChI is InChI=1S/C17H19N3S3/c1-8(2)12-10-7-5-4-6-9(10)11-13-14(23-16(11)18-12)15(21)20-17(19-13)22-3/h8H,4-7H2,1-3H3,(H,19,20,21). The number of aromatic nitrogens is 3. The van der Waals surface area contributed by atoms with E-state index in [0.717, 1.165) is 33.0 Å². The smallest absolute Gasteiger partial charge is 0.167 e. The average molecular weight is 362 g/mol. The number of nitrogens with zero attached hydrogens (tertiary/aromatic N) is 2. The van der Waals surface area contributed by atoms with Gasteiger partial charge < -0.3 is 4.98 Å². The fourth-order valence-corrected chi connectivity index (χ4v) is 5.36. The third-order valence-electron chi connectivity index (χ3n) is 4.56. The molecule has 0 aromatic carbocycles. The normalized spacial score (nSPS) is 14.8. The van der Waals surface area contributed by atoms with E-state index in [1.807, 2.05) is 6.26 Å². The van der Waals surface area contributed by atoms with E-state index < -0.39 is 0 Å². The summed E-state index contributed by atoms with van der Waals surface area (Å²) in [5.41, 5.74) is 5.42. The van der Waals surface area contributed by atoms with E-state index in [0.29, 0.717) is 10.6 Å². The third-order valence-corrected chi connectivity index (χ3v) is 6.65. The predicted octanol–water partition coefficient (Wildman–Crippen LogP) is 5.63. The van der Waals surface area contributed by atoms with Crippen molar-refractivity contribution in [3.05, 3.63) is 21.5 Å². The summed E-state index contributed by atoms with van der Waals surface area (Å²) in [7, 11) is 0. The van der Waals surface area contributed by atoms with E-state index in [2.05, 4.69) is 23.8 Å². The number of fused-ring (bicyclic) bond motifs is 5. The van der Waals surface area contributed by atoms with Crippen LogP contribution in [0.3, 0.4) is 0 Å². The Morgan fingerprint density at radius 3 is 2.61 bits per heavy atom. The molecule has 1 N–H and O–H groups in total. The minimum atomic E-state index is 0.461. The number of aryl methyl sites for hydroxylation is 1. The molecule has 0 fully saturated rings. The van der Waals surface area contributed by atoms with Crippen LogP contribution in [0.2, 0.25) is 0 Å². The van der Waals surface area contributed by atoms with Gasteiger partial charge in [0.25, 0.3) is 0 Å². The van der Waals surface area contributed by atoms with Crippen molar-refractivity contribution in [2.75, 3.05) is 6.26 Å². The molecule has 23 heavy (non-hydrogen) atoms. The van der Waals surface area contributed by atoms with Gasteiger partial charge in [-0.25, -0.2) is 9.97 Å². The largest absolute Gasteiger partial charge is 0.333 e. The monoisotopic (exact) mass is 361 g/mol. The molecule has 0 aliphatic heterocycles. The minimum absolute atomic E-state index is 0.461. The lowest BCUT2D eigenvalue weighted by Gasteiger charge is -2.21. The fourth-order valence-electron chi connectivity index (χ4n) is 3.54. The van der Waals surface area contributed by atoms with Crippen LogP contribution in [0.15, 0.2) is 5.16 Å². The maximum Gasteiger partial charge on any atom is 0.167 e. The predicted molar refractivity (Wildman–Crippen MR) is 103 cm³/mol. The second-order valence-electron chi connectivity index (χ2n) is 6.35. The van der Waals surface area contributed by atoms with Crippen LogP contribution in [-0.2, 0) is 12.8 Å². The van der Waals surface area contributed by atoms with Crippen LogP contribution in [-0.4, -0.2) is 21.2 Å². The lowest BCUT2D eigenvalue weighted by atomic mass is 9.86. The number of hydrogen-bond donors (Lipinski definition) is 1. The summed E-state index contributed by atoms with van der Waals surface area (Å²) >= 11 is 8.83. The Hall–Kier alpha value is -0.980. The SMILES string of the molecule is CSc1nc(=S)c2sc3nc(C(C)C)c4c(c3c2[nH]1)CCCC4. The quantitative estimate of drug-likeness (QED) is 0.365. The van der Waals surface area contributed by atoms with Gasteiger partial charge >= 0.3 is 0 Å². The molecule has 0 atom stereocenters. The maximum absolute atomic E-state index is 5.53. The molecule has 1 aliphatic rings. The molecule has 120 valence electrons. The summed E-state index contributed by atoms with van der Waals surface area (Å²) in [6.07, 6.45) is 6.87. The van der Waals surface area contributed by atoms with Crippen molar-refractivity contribution >= 4 is 55.7 Å². The lowest BCUT2D eigenvalue weighted by Crippen LogP contribution is -2.10. The van der Waals surface area contributed by atoms with Crippen molar-refractivity contribution in [1.82, 2.24) is 15.0 Å². The van der Waals surface area contributed by atoms with Gasteiger partial charge in [-0.2, -0.15) is 0 Å². The first-order chi connectivity index (χ1) is 11.1. The van der Waals surface area contributed by atoms with Crippen LogP contribution in [0.5, 0.6) is 0 Å². The van der Waals surface area contributed by atoms with E-state index in [1.54, 1.807) is 23.1 Å². The molecule has 0 spiro atoms. The first-order valence-corrected chi connectivity index (χ1v) is 10.5. The Kier molecular flexibility index (Phi) is 3.94. The highest BCUT2D eigenvalue weighted by Crippen LogP contribution is 2.40. The second kappa shape index (κ2) is 5.83. The molecule has 0 saturated carbocycles. The zero-order chi connectivity index (χ0) is 16.1. The number of nitrogens with one attached hydrogen (secondary N) is 1. The van der Waals surface area contributed by atoms with Gasteiger partial charge in [0, 0.05) is 11.1 Å². The molecule has 4 rings (SSSR count). The minimum Gasteiger partial charge on any atom is -0.333 e. The lowest BCUT2D eigenvalue weighted by molar-refractivity contribution is 0.667. The van der Waals surface area contributed by atoms with Gasteiger partial charge in [0.2, 0.25) is 0 Å². The summed E-state index contributed by atoms with van der Waals surface area (Å²) in [6, 6.07) is 0. The van der Waals surface area contributed by atoms with E-state index in [-0.39, 0.29) is 0 Å². The molecule has 6 heteroatoms. The highest BCUT2D eigenvalue weighted by atomic mass is 32.2. The molecule has 0 unspecified atom stereocenters. The molecular weight excluding hydrogens is 342 g/mol. The third kappa shape index (κ3) is 2.42. The van der Waals surface area contributed by atoms with E-state index in [9.17, 15) is 0 Å². The van der Waals surface area contributed by atoms with Crippen LogP contribution < -0.4 is 0 Å². The Balaban J connectivity index is 2.18. The van der Waals surface area contributed by atoms with Crippen LogP contribution in [0, 0.1) is 4.64 Å². The van der Waals surface area contributed by atoms with Crippen LogP contribution >= 0.6 is 35.3 Å². The Morgan fingerprint density at radius 2 is 1.91 bits per heavy atom. The van der Waals surface area contributed by atoms with Crippen molar-refractivity contribution in [3.8, 4) is 0 Å². The summed E-state index contributed by atoms with van der Waals surface area (Å²) < 4.78 is 1.77. The summed E-state index contributed by atoms with van der Waals surface area (Å²) in [5, 5.41) is 2.19. The van der Waals surface area contributed by atoms with Crippen molar-refractivity contribution in [3.63, 3.8) is 0 Å². The van der Waals surface area contributed by atoms with Crippen molar-refractivity contribution < 1.29 is 0 Å². The Labute approximate surface area is 148 Å². The average Bonchev–Trinajstić information content (AvgIpc) is 2.93. The van der Waals surface area contributed by atoms with Gasteiger partial charge in [-0.05, 0) is 49.0 Å². The zero-order valence-corrected chi connectivity index (χ0v) is 16.0. The van der Waals surface area contributed by atoms with Gasteiger partial charge in [-0.1, -0.05) is 37.8 Å². The first-order valence-electron chi connectivity index (χ1n) is 8.02. The molecule has 3 aromatic rings. The molecule has 3 aromatic heterocycles. The summed E-state index contributed by atoms with van der Waals surface area (Å²) in [5.74, 6) is 0.461. The van der Waals surface area contributed by atoms with Crippen molar-refractivity contribution in [2.45, 2.75) is 50.6 Å². The van der Waals surface area contributed by atoms with Gasteiger partial charge in [0.05, 0.1) is 10.2 Å². The zero-order valence-electron chi connectivity index (χ0n) is 13.5. The second-order valence-corrected chi connectivity index (χ2v) is 8.53. The van der Waals surface area contributed by atoms with Gasteiger partial charge in [0.15, 0.2) is 5.16 Å². The van der Waals surface area contributed by atoms with Crippen LogP contribution in [0.25, 0.3) is 20.4 Å². The molecule has 0 bridgehead atoms. The molecule has 1 aliphatic carbocycles. The van der Waals surface area contributed by atoms with Gasteiger partial charge in [0.1, 0.15) is 9.47 Å². The molecule has 0 saturated heterocycles. The molecule has 3 heterocycles. The Morgan fingerprint density at radius 1 is 1.17 bits per heavy atom. The van der Waals surface area contributed by atoms with E-state index >= 15 is 0 Å². The van der Waals surface area contributed by atoms with Gasteiger partial charge in [-0.3, -0.25) is 0 Å². The number of aromatic amines is 1. The number of hydrogen-bond acceptors (Lipinski definition) is 5. The topological polar surface area (TPSA) is 41.6 Å². The number of H-pyrrole nitrogens is 1. The molecule has 0 radical (unpaired) electrons. The number of thiophene rings is 1. The Bertz CT molecular complexity index is 969. The van der Waals surface area contributed by atoms with E-state index in [4.69, 9.17) is 17.2 Å². The molecule has 3 nitrogen and oxygen atoms in total. The van der Waals surface area contributed by atoms with Crippen molar-refractivity contribution in [2.24, 2.45) is 0 Å². The fraction of sp³-hybridized carbons (Fsp3) is 0.471. The van der Waals surface area contributed by atoms with Crippen molar-refractivity contribution in [1.29, 1.82) is 0 Å². The molecule has 0 amide bonds. The number of rotatable bonds is 2. The number of thioether (sulfide) groups is 1. The number of pyridine rings is 1.